The minimum Gasteiger partial charge on any atom is -0.545 e. The Balaban J connectivity index is 0.00000144. The van der Waals surface area contributed by atoms with Crippen LogP contribution in [0, 0.1) is 0 Å². The number of nitrogens with zero attached hydrogens (tertiary/aromatic N) is 1. The molecule has 0 aliphatic rings. The number of hydrogen-bond donors (Lipinski definition) is 0. The van der Waals surface area contributed by atoms with E-state index in [0.29, 0.717) is 10.9 Å². The fraction of sp³-hybridized carbons (Fsp3) is 0. The zero-order valence-electron chi connectivity index (χ0n) is 8.27. The Hall–Kier alpha value is -1.91. The Kier molecular flexibility index (Phi) is 3.83. The molecule has 0 amide bonds. The van der Waals surface area contributed by atoms with Gasteiger partial charge in [-0.05, 0) is 12.1 Å². The van der Waals surface area contributed by atoms with Crippen molar-refractivity contribution in [3.05, 3.63) is 41.6 Å². The zero-order chi connectivity index (χ0) is 11.7. The van der Waals surface area contributed by atoms with Crippen molar-refractivity contribution >= 4 is 22.8 Å². The third-order valence-corrected chi connectivity index (χ3v) is 2.14. The minimum atomic E-state index is -1.63. The molecular formula is C11H5CuNO4. The van der Waals surface area contributed by atoms with Crippen molar-refractivity contribution in [1.29, 1.82) is 0 Å². The average Bonchev–Trinajstić information content (AvgIpc) is 2.27. The molecule has 0 aliphatic carbocycles. The summed E-state index contributed by atoms with van der Waals surface area (Å²) >= 11 is 0. The topological polar surface area (TPSA) is 93.2 Å². The van der Waals surface area contributed by atoms with Crippen LogP contribution < -0.4 is 10.2 Å². The molecule has 0 saturated carbocycles. The first-order valence-electron chi connectivity index (χ1n) is 4.42. The Morgan fingerprint density at radius 1 is 1.06 bits per heavy atom. The quantitative estimate of drug-likeness (QED) is 0.654. The Labute approximate surface area is 107 Å². The van der Waals surface area contributed by atoms with Gasteiger partial charge in [0.1, 0.15) is 0 Å². The summed E-state index contributed by atoms with van der Waals surface area (Å²) in [6.07, 6.45) is 0. The van der Waals surface area contributed by atoms with E-state index in [1.165, 1.54) is 6.07 Å². The smallest absolute Gasteiger partial charge is 0.545 e. The molecule has 2 rings (SSSR count). The molecule has 0 aliphatic heterocycles. The zero-order valence-corrected chi connectivity index (χ0v) is 9.21. The number of rotatable bonds is 2. The summed E-state index contributed by atoms with van der Waals surface area (Å²) in [6, 6.07) is 7.80. The standard InChI is InChI=1S/C11H7NO4.Cu/c13-10(14)7-5-6-3-1-2-4-8(6)12-9(7)11(15)16;/h1-5H,(H,13,14)(H,15,16);/q;+2/p-2. The third kappa shape index (κ3) is 2.43. The Morgan fingerprint density at radius 2 is 1.71 bits per heavy atom. The normalized spacial score (nSPS) is 9.65. The molecule has 0 fully saturated rings. The molecule has 89 valence electrons. The first kappa shape index (κ1) is 13.2. The molecule has 0 unspecified atom stereocenters. The van der Waals surface area contributed by atoms with E-state index in [-0.39, 0.29) is 17.1 Å². The van der Waals surface area contributed by atoms with Gasteiger partial charge >= 0.3 is 17.1 Å². The number of aromatic carboxylic acids is 2. The molecule has 0 N–H and O–H groups in total. The van der Waals surface area contributed by atoms with Crippen LogP contribution in [0.1, 0.15) is 20.8 Å². The second-order valence-corrected chi connectivity index (χ2v) is 3.15. The van der Waals surface area contributed by atoms with Crippen molar-refractivity contribution in [2.75, 3.05) is 0 Å². The SMILES string of the molecule is O=C([O-])c1cc2ccccc2nc1C(=O)[O-].[Cu+2]. The summed E-state index contributed by atoms with van der Waals surface area (Å²) < 4.78 is 0. The van der Waals surface area contributed by atoms with E-state index in [2.05, 4.69) is 4.98 Å². The molecule has 1 radical (unpaired) electrons. The van der Waals surface area contributed by atoms with Gasteiger partial charge in [0, 0.05) is 10.9 Å². The molecule has 0 spiro atoms. The van der Waals surface area contributed by atoms with Crippen LogP contribution in [0.3, 0.4) is 0 Å². The number of fused-ring (bicyclic) bond motifs is 1. The molecule has 2 aromatic rings. The van der Waals surface area contributed by atoms with Gasteiger partial charge in [0.05, 0.1) is 23.1 Å². The van der Waals surface area contributed by atoms with Crippen LogP contribution in [0.15, 0.2) is 30.3 Å². The summed E-state index contributed by atoms with van der Waals surface area (Å²) in [5, 5.41) is 22.0. The molecule has 6 heteroatoms. The van der Waals surface area contributed by atoms with Crippen LogP contribution in [-0.2, 0) is 17.1 Å². The fourth-order valence-corrected chi connectivity index (χ4v) is 1.43. The minimum absolute atomic E-state index is 0. The molecule has 17 heavy (non-hydrogen) atoms. The van der Waals surface area contributed by atoms with Crippen LogP contribution in [0.4, 0.5) is 0 Å². The monoisotopic (exact) mass is 278 g/mol. The number of carboxylic acid groups (broad SMARTS) is 2. The van der Waals surface area contributed by atoms with Gasteiger partial charge < -0.3 is 19.8 Å². The maximum absolute atomic E-state index is 10.7. The van der Waals surface area contributed by atoms with Crippen molar-refractivity contribution in [1.82, 2.24) is 4.98 Å². The van der Waals surface area contributed by atoms with E-state index in [9.17, 15) is 19.8 Å². The molecule has 1 heterocycles. The number of carbonyl (C=O) groups is 2. The van der Waals surface area contributed by atoms with Crippen LogP contribution in [-0.4, -0.2) is 16.9 Å². The Bertz CT molecular complexity index is 545. The molecule has 0 saturated heterocycles. The summed E-state index contributed by atoms with van der Waals surface area (Å²) in [5.74, 6) is -3.22. The maximum atomic E-state index is 10.7. The van der Waals surface area contributed by atoms with E-state index in [0.717, 1.165) is 0 Å². The molecule has 5 nitrogen and oxygen atoms in total. The third-order valence-electron chi connectivity index (χ3n) is 2.14. The van der Waals surface area contributed by atoms with Crippen molar-refractivity contribution in [3.63, 3.8) is 0 Å². The summed E-state index contributed by atoms with van der Waals surface area (Å²) in [5.41, 5.74) is -0.691. The predicted octanol–water partition coefficient (Wildman–Crippen LogP) is -1.04. The fourth-order valence-electron chi connectivity index (χ4n) is 1.43. The molecule has 1 aromatic carbocycles. The first-order valence-corrected chi connectivity index (χ1v) is 4.42. The number of carbonyl (C=O) groups excluding carboxylic acids is 2. The summed E-state index contributed by atoms with van der Waals surface area (Å²) in [6.45, 7) is 0. The van der Waals surface area contributed by atoms with E-state index in [1.54, 1.807) is 24.3 Å². The van der Waals surface area contributed by atoms with Crippen molar-refractivity contribution in [3.8, 4) is 0 Å². The van der Waals surface area contributed by atoms with Crippen LogP contribution in [0.2, 0.25) is 0 Å². The van der Waals surface area contributed by atoms with Gasteiger partial charge in [-0.3, -0.25) is 0 Å². The van der Waals surface area contributed by atoms with Gasteiger partial charge in [0.2, 0.25) is 0 Å². The summed E-state index contributed by atoms with van der Waals surface area (Å²) in [7, 11) is 0. The number of pyridine rings is 1. The van der Waals surface area contributed by atoms with Gasteiger partial charge in [-0.25, -0.2) is 4.98 Å². The van der Waals surface area contributed by atoms with Crippen LogP contribution >= 0.6 is 0 Å². The van der Waals surface area contributed by atoms with E-state index in [4.69, 9.17) is 0 Å². The van der Waals surface area contributed by atoms with Gasteiger partial charge in [0.15, 0.2) is 0 Å². The number of aromatic nitrogens is 1. The van der Waals surface area contributed by atoms with Crippen molar-refractivity contribution in [2.24, 2.45) is 0 Å². The van der Waals surface area contributed by atoms with Gasteiger partial charge in [0.25, 0.3) is 0 Å². The Morgan fingerprint density at radius 3 is 2.29 bits per heavy atom. The second-order valence-electron chi connectivity index (χ2n) is 3.15. The molecular weight excluding hydrogens is 274 g/mol. The largest absolute Gasteiger partial charge is 2.00 e. The van der Waals surface area contributed by atoms with E-state index in [1.807, 2.05) is 0 Å². The van der Waals surface area contributed by atoms with Crippen molar-refractivity contribution in [2.45, 2.75) is 0 Å². The number of benzene rings is 1. The predicted molar refractivity (Wildman–Crippen MR) is 50.4 cm³/mol. The number of para-hydroxylation sites is 1. The molecule has 0 bridgehead atoms. The molecule has 1 aromatic heterocycles. The number of carboxylic acids is 2. The average molecular weight is 279 g/mol. The van der Waals surface area contributed by atoms with Gasteiger partial charge in [-0.1, -0.05) is 18.2 Å². The van der Waals surface area contributed by atoms with E-state index < -0.39 is 23.2 Å². The van der Waals surface area contributed by atoms with Gasteiger partial charge in [-0.15, -0.1) is 0 Å². The molecule has 0 atom stereocenters. The van der Waals surface area contributed by atoms with Crippen LogP contribution in [0.25, 0.3) is 10.9 Å². The van der Waals surface area contributed by atoms with Gasteiger partial charge in [-0.2, -0.15) is 0 Å². The van der Waals surface area contributed by atoms with Crippen molar-refractivity contribution < 1.29 is 36.9 Å². The second kappa shape index (κ2) is 4.95. The van der Waals surface area contributed by atoms with E-state index >= 15 is 0 Å². The first-order chi connectivity index (χ1) is 7.59. The van der Waals surface area contributed by atoms with Crippen LogP contribution in [0.5, 0.6) is 0 Å². The number of hydrogen-bond acceptors (Lipinski definition) is 5. The summed E-state index contributed by atoms with van der Waals surface area (Å²) in [4.78, 5) is 25.1. The maximum Gasteiger partial charge on any atom is 2.00 e.